The van der Waals surface area contributed by atoms with E-state index in [9.17, 15) is 9.50 Å². The van der Waals surface area contributed by atoms with Gasteiger partial charge in [-0.2, -0.15) is 0 Å². The van der Waals surface area contributed by atoms with Gasteiger partial charge in [0.2, 0.25) is 8.32 Å². The fourth-order valence-electron chi connectivity index (χ4n) is 1.39. The Balaban J connectivity index is 3.00. The Labute approximate surface area is 116 Å². The average Bonchev–Trinajstić information content (AvgIpc) is 2.26. The van der Waals surface area contributed by atoms with Gasteiger partial charge in [-0.15, -0.1) is 6.58 Å². The number of aliphatic hydroxyl groups is 1. The first-order chi connectivity index (χ1) is 8.58. The summed E-state index contributed by atoms with van der Waals surface area (Å²) < 4.78 is 19.9. The van der Waals surface area contributed by atoms with Crippen LogP contribution in [-0.2, 0) is 0 Å². The summed E-state index contributed by atoms with van der Waals surface area (Å²) >= 11 is 0. The lowest BCUT2D eigenvalue weighted by Crippen LogP contribution is -2.43. The highest BCUT2D eigenvalue weighted by Crippen LogP contribution is 2.37. The molecule has 0 spiro atoms. The second-order valence-corrected chi connectivity index (χ2v) is 11.0. The maximum absolute atomic E-state index is 13.9. The highest BCUT2D eigenvalue weighted by atomic mass is 28.4. The van der Waals surface area contributed by atoms with Crippen molar-refractivity contribution in [3.05, 3.63) is 42.2 Å². The van der Waals surface area contributed by atoms with Crippen LogP contribution in [0.1, 0.15) is 32.4 Å². The van der Waals surface area contributed by atoms with Crippen LogP contribution in [0.5, 0.6) is 5.75 Å². The van der Waals surface area contributed by atoms with Crippen LogP contribution in [0.2, 0.25) is 18.1 Å². The van der Waals surface area contributed by atoms with Gasteiger partial charge in [-0.1, -0.05) is 26.8 Å². The molecule has 0 amide bonds. The van der Waals surface area contributed by atoms with Crippen LogP contribution in [0.15, 0.2) is 30.9 Å². The van der Waals surface area contributed by atoms with Gasteiger partial charge in [0.1, 0.15) is 11.6 Å². The molecule has 1 atom stereocenters. The first kappa shape index (κ1) is 15.9. The lowest BCUT2D eigenvalue weighted by molar-refractivity contribution is 0.223. The summed E-state index contributed by atoms with van der Waals surface area (Å²) in [5, 5.41) is 9.63. The molecule has 1 unspecified atom stereocenters. The minimum Gasteiger partial charge on any atom is -0.543 e. The van der Waals surface area contributed by atoms with Crippen LogP contribution in [-0.4, -0.2) is 13.4 Å². The largest absolute Gasteiger partial charge is 0.543 e. The smallest absolute Gasteiger partial charge is 0.250 e. The molecule has 1 aromatic carbocycles. The Hall–Kier alpha value is -1.13. The molecular formula is C15H23FO2Si. The van der Waals surface area contributed by atoms with Gasteiger partial charge in [0.25, 0.3) is 0 Å². The molecule has 0 radical (unpaired) electrons. The van der Waals surface area contributed by atoms with Gasteiger partial charge < -0.3 is 9.53 Å². The SMILES string of the molecule is C=CC(O)c1ccc(O[Si](C)(C)C(C)(C)C)cc1F. The van der Waals surface area contributed by atoms with Crippen molar-refractivity contribution in [2.75, 3.05) is 0 Å². The molecule has 1 N–H and O–H groups in total. The molecular weight excluding hydrogens is 259 g/mol. The second-order valence-electron chi connectivity index (χ2n) is 6.23. The first-order valence-electron chi connectivity index (χ1n) is 6.37. The standard InChI is InChI=1S/C15H23FO2Si/c1-7-14(17)12-9-8-11(10-13(12)16)18-19(5,6)15(2,3)4/h7-10,14,17H,1H2,2-6H3. The second kappa shape index (κ2) is 5.47. The van der Waals surface area contributed by atoms with E-state index >= 15 is 0 Å². The van der Waals surface area contributed by atoms with Crippen LogP contribution in [0.4, 0.5) is 4.39 Å². The minimum atomic E-state index is -1.97. The summed E-state index contributed by atoms with van der Waals surface area (Å²) in [5.41, 5.74) is 0.220. The molecule has 0 aromatic heterocycles. The third kappa shape index (κ3) is 3.67. The van der Waals surface area contributed by atoms with E-state index in [0.717, 1.165) is 0 Å². The van der Waals surface area contributed by atoms with Crippen molar-refractivity contribution in [1.82, 2.24) is 0 Å². The summed E-state index contributed by atoms with van der Waals surface area (Å²) in [4.78, 5) is 0. The monoisotopic (exact) mass is 282 g/mol. The molecule has 0 saturated heterocycles. The van der Waals surface area contributed by atoms with Gasteiger partial charge in [-0.05, 0) is 30.3 Å². The van der Waals surface area contributed by atoms with Crippen LogP contribution in [0, 0.1) is 5.82 Å². The molecule has 0 fully saturated rings. The van der Waals surface area contributed by atoms with E-state index in [2.05, 4.69) is 40.4 Å². The highest BCUT2D eigenvalue weighted by molar-refractivity contribution is 6.74. The van der Waals surface area contributed by atoms with E-state index in [0.29, 0.717) is 5.75 Å². The summed E-state index contributed by atoms with van der Waals surface area (Å²) in [6, 6.07) is 4.58. The number of hydrogen-bond acceptors (Lipinski definition) is 2. The molecule has 4 heteroatoms. The summed E-state index contributed by atoms with van der Waals surface area (Å²) in [6.07, 6.45) is 0.314. The maximum atomic E-state index is 13.9. The van der Waals surface area contributed by atoms with E-state index in [1.165, 1.54) is 12.1 Å². The molecule has 1 rings (SSSR count). The zero-order valence-electron chi connectivity index (χ0n) is 12.3. The molecule has 0 aliphatic rings. The number of benzene rings is 1. The van der Waals surface area contributed by atoms with Crippen molar-refractivity contribution in [1.29, 1.82) is 0 Å². The Kier molecular flexibility index (Phi) is 4.58. The first-order valence-corrected chi connectivity index (χ1v) is 9.28. The van der Waals surface area contributed by atoms with Gasteiger partial charge in [-0.25, -0.2) is 4.39 Å². The predicted octanol–water partition coefficient (Wildman–Crippen LogP) is 4.43. The van der Waals surface area contributed by atoms with Gasteiger partial charge in [0.05, 0.1) is 6.10 Å². The number of aliphatic hydroxyl groups excluding tert-OH is 1. The van der Waals surface area contributed by atoms with Crippen LogP contribution in [0.25, 0.3) is 0 Å². The normalized spacial score (nSPS) is 14.1. The van der Waals surface area contributed by atoms with Crippen molar-refractivity contribution in [2.24, 2.45) is 0 Å². The Morgan fingerprint density at radius 1 is 1.37 bits per heavy atom. The molecule has 2 nitrogen and oxygen atoms in total. The van der Waals surface area contributed by atoms with Crippen LogP contribution < -0.4 is 4.43 Å². The molecule has 0 aliphatic heterocycles. The van der Waals surface area contributed by atoms with E-state index in [1.54, 1.807) is 12.1 Å². The van der Waals surface area contributed by atoms with E-state index in [1.807, 2.05) is 0 Å². The Bertz CT molecular complexity index is 464. The topological polar surface area (TPSA) is 29.5 Å². The number of rotatable bonds is 4. The van der Waals surface area contributed by atoms with Crippen LogP contribution in [0.3, 0.4) is 0 Å². The zero-order valence-corrected chi connectivity index (χ0v) is 13.3. The van der Waals surface area contributed by atoms with E-state index in [-0.39, 0.29) is 10.6 Å². The Morgan fingerprint density at radius 2 is 1.95 bits per heavy atom. The molecule has 0 aliphatic carbocycles. The third-order valence-electron chi connectivity index (χ3n) is 3.69. The van der Waals surface area contributed by atoms with Gasteiger partial charge in [-0.3, -0.25) is 0 Å². The fraction of sp³-hybridized carbons (Fsp3) is 0.467. The number of hydrogen-bond donors (Lipinski definition) is 1. The molecule has 0 heterocycles. The minimum absolute atomic E-state index is 0.0583. The highest BCUT2D eigenvalue weighted by Gasteiger charge is 2.39. The van der Waals surface area contributed by atoms with Crippen molar-refractivity contribution in [2.45, 2.75) is 45.0 Å². The molecule has 106 valence electrons. The Morgan fingerprint density at radius 3 is 2.37 bits per heavy atom. The summed E-state index contributed by atoms with van der Waals surface area (Å²) in [6.45, 7) is 14.1. The lowest BCUT2D eigenvalue weighted by atomic mass is 10.1. The molecule has 19 heavy (non-hydrogen) atoms. The predicted molar refractivity (Wildman–Crippen MR) is 79.4 cm³/mol. The molecule has 0 saturated carbocycles. The third-order valence-corrected chi connectivity index (χ3v) is 8.05. The van der Waals surface area contributed by atoms with Gasteiger partial charge in [0.15, 0.2) is 0 Å². The van der Waals surface area contributed by atoms with E-state index < -0.39 is 20.2 Å². The van der Waals surface area contributed by atoms with Gasteiger partial charge in [0, 0.05) is 11.6 Å². The summed E-state index contributed by atoms with van der Waals surface area (Å²) in [7, 11) is -1.97. The van der Waals surface area contributed by atoms with Crippen molar-refractivity contribution < 1.29 is 13.9 Å². The van der Waals surface area contributed by atoms with Crippen molar-refractivity contribution >= 4 is 8.32 Å². The van der Waals surface area contributed by atoms with Crippen molar-refractivity contribution in [3.8, 4) is 5.75 Å². The summed E-state index contributed by atoms with van der Waals surface area (Å²) in [5.74, 6) is 0.0488. The fourth-order valence-corrected chi connectivity index (χ4v) is 2.41. The zero-order chi connectivity index (χ0) is 14.8. The lowest BCUT2D eigenvalue weighted by Gasteiger charge is -2.36. The molecule has 1 aromatic rings. The number of halogens is 1. The van der Waals surface area contributed by atoms with Crippen molar-refractivity contribution in [3.63, 3.8) is 0 Å². The van der Waals surface area contributed by atoms with Crippen LogP contribution >= 0.6 is 0 Å². The van der Waals surface area contributed by atoms with E-state index in [4.69, 9.17) is 4.43 Å². The molecule has 0 bridgehead atoms. The maximum Gasteiger partial charge on any atom is 0.250 e. The van der Waals surface area contributed by atoms with Gasteiger partial charge >= 0.3 is 0 Å². The quantitative estimate of drug-likeness (QED) is 0.654. The average molecular weight is 282 g/mol.